The number of aryl methyl sites for hydroxylation is 1. The fourth-order valence-corrected chi connectivity index (χ4v) is 4.74. The molecule has 7 heteroatoms. The molecule has 152 valence electrons. The molecule has 0 radical (unpaired) electrons. The topological polar surface area (TPSA) is 66.8 Å². The molecule has 1 amide bonds. The van der Waals surface area contributed by atoms with Crippen LogP contribution in [-0.2, 0) is 11.2 Å². The first kappa shape index (κ1) is 19.0. The van der Waals surface area contributed by atoms with Crippen molar-refractivity contribution in [3.05, 3.63) is 69.5 Å². The van der Waals surface area contributed by atoms with Gasteiger partial charge in [-0.2, -0.15) is 5.10 Å². The lowest BCUT2D eigenvalue weighted by Gasteiger charge is -2.27. The zero-order valence-electron chi connectivity index (χ0n) is 16.7. The van der Waals surface area contributed by atoms with E-state index in [1.165, 1.54) is 10.4 Å². The predicted molar refractivity (Wildman–Crippen MR) is 119 cm³/mol. The van der Waals surface area contributed by atoms with E-state index < -0.39 is 0 Å². The van der Waals surface area contributed by atoms with Crippen LogP contribution in [0.5, 0.6) is 0 Å². The van der Waals surface area contributed by atoms with Gasteiger partial charge in [0.05, 0.1) is 23.8 Å². The van der Waals surface area contributed by atoms with Gasteiger partial charge in [-0.25, -0.2) is 4.98 Å². The van der Waals surface area contributed by atoms with Crippen molar-refractivity contribution in [1.82, 2.24) is 9.88 Å². The smallest absolute Gasteiger partial charge is 0.254 e. The second kappa shape index (κ2) is 8.01. The van der Waals surface area contributed by atoms with Crippen molar-refractivity contribution in [2.24, 2.45) is 5.10 Å². The average molecular weight is 419 g/mol. The lowest BCUT2D eigenvalue weighted by atomic mass is 9.99. The van der Waals surface area contributed by atoms with Crippen LogP contribution < -0.4 is 5.43 Å². The van der Waals surface area contributed by atoms with Gasteiger partial charge in [-0.05, 0) is 47.7 Å². The number of aromatic nitrogens is 1. The van der Waals surface area contributed by atoms with Gasteiger partial charge < -0.3 is 9.64 Å². The molecular formula is C23H22N4O2S. The number of carbonyl (C=O) groups is 1. The summed E-state index contributed by atoms with van der Waals surface area (Å²) >= 11 is 1.71. The first-order valence-corrected chi connectivity index (χ1v) is 10.9. The third kappa shape index (κ3) is 3.62. The highest BCUT2D eigenvalue weighted by Gasteiger charge is 2.20. The number of amides is 1. The van der Waals surface area contributed by atoms with Crippen LogP contribution in [0.3, 0.4) is 0 Å². The van der Waals surface area contributed by atoms with Crippen LogP contribution in [0, 0.1) is 6.92 Å². The van der Waals surface area contributed by atoms with Crippen molar-refractivity contribution >= 4 is 28.8 Å². The number of benzene rings is 1. The van der Waals surface area contributed by atoms with E-state index in [1.54, 1.807) is 11.3 Å². The third-order valence-corrected chi connectivity index (χ3v) is 6.55. The molecule has 0 bridgehead atoms. The van der Waals surface area contributed by atoms with Gasteiger partial charge >= 0.3 is 0 Å². The van der Waals surface area contributed by atoms with E-state index in [0.29, 0.717) is 31.9 Å². The van der Waals surface area contributed by atoms with E-state index in [0.717, 1.165) is 34.6 Å². The van der Waals surface area contributed by atoms with Crippen LogP contribution in [0.4, 0.5) is 5.82 Å². The lowest BCUT2D eigenvalue weighted by molar-refractivity contribution is 0.0303. The number of hydrogen-bond acceptors (Lipinski definition) is 6. The van der Waals surface area contributed by atoms with Gasteiger partial charge in [0.15, 0.2) is 0 Å². The number of pyridine rings is 1. The molecule has 2 aliphatic rings. The number of fused-ring (bicyclic) bond motifs is 1. The first-order chi connectivity index (χ1) is 14.7. The number of nitrogens with zero attached hydrogens (tertiary/aromatic N) is 3. The van der Waals surface area contributed by atoms with Crippen LogP contribution in [0.2, 0.25) is 0 Å². The highest BCUT2D eigenvalue weighted by molar-refractivity contribution is 7.12. The van der Waals surface area contributed by atoms with Gasteiger partial charge in [-0.15, -0.1) is 11.3 Å². The summed E-state index contributed by atoms with van der Waals surface area (Å²) in [4.78, 5) is 20.5. The number of hydrogen-bond donors (Lipinski definition) is 1. The summed E-state index contributed by atoms with van der Waals surface area (Å²) in [5.41, 5.74) is 9.15. The minimum absolute atomic E-state index is 0.0512. The molecule has 2 aliphatic heterocycles. The number of anilines is 1. The van der Waals surface area contributed by atoms with Crippen molar-refractivity contribution in [2.75, 3.05) is 31.7 Å². The number of ether oxygens (including phenoxy) is 1. The van der Waals surface area contributed by atoms with E-state index >= 15 is 0 Å². The molecule has 5 rings (SSSR count). The Morgan fingerprint density at radius 1 is 1.17 bits per heavy atom. The van der Waals surface area contributed by atoms with Crippen LogP contribution in [0.25, 0.3) is 11.1 Å². The summed E-state index contributed by atoms with van der Waals surface area (Å²) < 4.78 is 5.36. The lowest BCUT2D eigenvalue weighted by Crippen LogP contribution is -2.40. The van der Waals surface area contributed by atoms with E-state index in [4.69, 9.17) is 4.74 Å². The summed E-state index contributed by atoms with van der Waals surface area (Å²) in [7, 11) is 0. The summed E-state index contributed by atoms with van der Waals surface area (Å²) in [6, 6.07) is 12.0. The normalized spacial score (nSPS) is 15.9. The second-order valence-electron chi connectivity index (χ2n) is 7.50. The van der Waals surface area contributed by atoms with Crippen LogP contribution in [0.15, 0.2) is 53.1 Å². The molecule has 1 saturated heterocycles. The number of thiophene rings is 1. The van der Waals surface area contributed by atoms with Crippen molar-refractivity contribution in [2.45, 2.75) is 13.3 Å². The van der Waals surface area contributed by atoms with Crippen LogP contribution in [-0.4, -0.2) is 47.8 Å². The highest BCUT2D eigenvalue weighted by atomic mass is 32.1. The maximum absolute atomic E-state index is 12.9. The van der Waals surface area contributed by atoms with Gasteiger partial charge in [0.1, 0.15) is 5.82 Å². The largest absolute Gasteiger partial charge is 0.378 e. The van der Waals surface area contributed by atoms with E-state index in [1.807, 2.05) is 35.4 Å². The Hall–Kier alpha value is -3.03. The molecule has 6 nitrogen and oxygen atoms in total. The molecule has 1 N–H and O–H groups in total. The van der Waals surface area contributed by atoms with Gasteiger partial charge in [0.25, 0.3) is 5.91 Å². The Bertz CT molecular complexity index is 1130. The molecule has 4 heterocycles. The number of nitrogens with one attached hydrogen (secondary N) is 1. The summed E-state index contributed by atoms with van der Waals surface area (Å²) in [5, 5.41) is 6.61. The number of carbonyl (C=O) groups excluding carboxylic acids is 1. The Labute approximate surface area is 179 Å². The van der Waals surface area contributed by atoms with Crippen molar-refractivity contribution < 1.29 is 9.53 Å². The molecule has 1 fully saturated rings. The van der Waals surface area contributed by atoms with Crippen molar-refractivity contribution in [3.63, 3.8) is 0 Å². The van der Waals surface area contributed by atoms with E-state index in [2.05, 4.69) is 39.9 Å². The zero-order valence-corrected chi connectivity index (χ0v) is 17.5. The molecule has 2 aromatic heterocycles. The second-order valence-corrected chi connectivity index (χ2v) is 8.41. The van der Waals surface area contributed by atoms with Gasteiger partial charge in [-0.1, -0.05) is 12.1 Å². The molecule has 0 spiro atoms. The molecule has 30 heavy (non-hydrogen) atoms. The Morgan fingerprint density at radius 3 is 2.83 bits per heavy atom. The Kier molecular flexibility index (Phi) is 5.06. The Morgan fingerprint density at radius 2 is 2.03 bits per heavy atom. The standard InChI is InChI=1S/C23H22N4O2S/c1-15-5-10-30-21(15)20-13-18-12-19(14-24-22(18)26-25-20)16-3-2-4-17(11-16)23(28)27-6-8-29-9-7-27/h2-5,10-12,14H,6-9,13H2,1H3,(H,24,26). The van der Waals surface area contributed by atoms with Crippen molar-refractivity contribution in [3.8, 4) is 11.1 Å². The maximum Gasteiger partial charge on any atom is 0.254 e. The SMILES string of the molecule is Cc1ccsc1C1=NNc2ncc(-c3cccc(C(=O)N4CCOCC4)c3)cc2C1. The fraction of sp³-hybridized carbons (Fsp3) is 0.261. The van der Waals surface area contributed by atoms with E-state index in [9.17, 15) is 4.79 Å². The summed E-state index contributed by atoms with van der Waals surface area (Å²) in [6.45, 7) is 4.58. The first-order valence-electron chi connectivity index (χ1n) is 10.0. The number of rotatable bonds is 3. The molecule has 0 unspecified atom stereocenters. The number of morpholine rings is 1. The average Bonchev–Trinajstić information content (AvgIpc) is 3.24. The van der Waals surface area contributed by atoms with Crippen LogP contribution >= 0.6 is 11.3 Å². The molecule has 0 aliphatic carbocycles. The quantitative estimate of drug-likeness (QED) is 0.699. The van der Waals surface area contributed by atoms with Gasteiger partial charge in [0.2, 0.25) is 0 Å². The highest BCUT2D eigenvalue weighted by Crippen LogP contribution is 2.29. The van der Waals surface area contributed by atoms with Gasteiger partial charge in [-0.3, -0.25) is 10.2 Å². The maximum atomic E-state index is 12.9. The van der Waals surface area contributed by atoms with Crippen molar-refractivity contribution in [1.29, 1.82) is 0 Å². The molecule has 1 aromatic carbocycles. The minimum Gasteiger partial charge on any atom is -0.378 e. The summed E-state index contributed by atoms with van der Waals surface area (Å²) in [6.07, 6.45) is 2.57. The predicted octanol–water partition coefficient (Wildman–Crippen LogP) is 3.96. The molecule has 0 saturated carbocycles. The van der Waals surface area contributed by atoms with Crippen LogP contribution in [0.1, 0.15) is 26.4 Å². The fourth-order valence-electron chi connectivity index (χ4n) is 3.82. The summed E-state index contributed by atoms with van der Waals surface area (Å²) in [5.74, 6) is 0.840. The number of hydrazone groups is 1. The molecule has 0 atom stereocenters. The minimum atomic E-state index is 0.0512. The zero-order chi connectivity index (χ0) is 20.5. The molecule has 3 aromatic rings. The monoisotopic (exact) mass is 418 g/mol. The molecular weight excluding hydrogens is 396 g/mol. The van der Waals surface area contributed by atoms with Gasteiger partial charge in [0, 0.05) is 42.4 Å². The van der Waals surface area contributed by atoms with E-state index in [-0.39, 0.29) is 5.91 Å². The third-order valence-electron chi connectivity index (χ3n) is 5.49. The Balaban J connectivity index is 1.41.